The second-order valence-corrected chi connectivity index (χ2v) is 6.96. The van der Waals surface area contributed by atoms with Gasteiger partial charge in [0.1, 0.15) is 16.4 Å². The summed E-state index contributed by atoms with van der Waals surface area (Å²) in [5.41, 5.74) is 3.72. The van der Waals surface area contributed by atoms with Crippen molar-refractivity contribution in [2.75, 3.05) is 6.61 Å². The molecule has 0 saturated heterocycles. The van der Waals surface area contributed by atoms with Gasteiger partial charge in [0, 0.05) is 5.56 Å². The number of nitrogens with zero attached hydrogens (tertiary/aromatic N) is 1. The Hall–Kier alpha value is -3.45. The van der Waals surface area contributed by atoms with Gasteiger partial charge in [0.2, 0.25) is 0 Å². The number of thiophene rings is 1. The molecule has 148 valence electrons. The molecule has 0 atom stereocenters. The molecule has 2 aromatic carbocycles. The predicted octanol–water partition coefficient (Wildman–Crippen LogP) is 4.52. The Morgan fingerprint density at radius 3 is 2.41 bits per heavy atom. The Labute approximate surface area is 172 Å². The number of esters is 1. The first-order valence-electron chi connectivity index (χ1n) is 9.07. The Balaban J connectivity index is 1.50. The first kappa shape index (κ1) is 20.3. The van der Waals surface area contributed by atoms with Crippen LogP contribution in [-0.4, -0.2) is 24.7 Å². The van der Waals surface area contributed by atoms with E-state index in [0.29, 0.717) is 22.8 Å². The molecular formula is C22H20N2O4S. The summed E-state index contributed by atoms with van der Waals surface area (Å²) >= 11 is 1.33. The maximum atomic E-state index is 12.1. The molecule has 1 aromatic heterocycles. The van der Waals surface area contributed by atoms with Crippen molar-refractivity contribution >= 4 is 29.4 Å². The summed E-state index contributed by atoms with van der Waals surface area (Å²) in [5, 5.41) is 5.78. The van der Waals surface area contributed by atoms with E-state index in [-0.39, 0.29) is 11.9 Å². The topological polar surface area (TPSA) is 77.0 Å². The van der Waals surface area contributed by atoms with Gasteiger partial charge in [-0.2, -0.15) is 5.10 Å². The molecule has 0 unspecified atom stereocenters. The smallest absolute Gasteiger partial charge is 0.353 e. The van der Waals surface area contributed by atoms with E-state index in [4.69, 9.17) is 9.47 Å². The Morgan fingerprint density at radius 1 is 1.03 bits per heavy atom. The third-order valence-corrected chi connectivity index (χ3v) is 4.63. The van der Waals surface area contributed by atoms with Crippen LogP contribution in [0, 0.1) is 0 Å². The Bertz CT molecular complexity index is 965. The number of amides is 1. The number of hydrazone groups is 1. The minimum atomic E-state index is -0.389. The van der Waals surface area contributed by atoms with Gasteiger partial charge in [0.15, 0.2) is 0 Å². The van der Waals surface area contributed by atoms with Crippen molar-refractivity contribution in [1.29, 1.82) is 0 Å². The molecule has 0 radical (unpaired) electrons. The van der Waals surface area contributed by atoms with Crippen LogP contribution in [-0.2, 0) is 0 Å². The van der Waals surface area contributed by atoms with E-state index in [9.17, 15) is 9.59 Å². The zero-order valence-corrected chi connectivity index (χ0v) is 16.6. The van der Waals surface area contributed by atoms with Gasteiger partial charge in [0.25, 0.3) is 5.91 Å². The van der Waals surface area contributed by atoms with Crippen LogP contribution < -0.4 is 14.9 Å². The van der Waals surface area contributed by atoms with Crippen LogP contribution in [0.4, 0.5) is 0 Å². The van der Waals surface area contributed by atoms with Gasteiger partial charge < -0.3 is 9.47 Å². The minimum absolute atomic E-state index is 0.315. The van der Waals surface area contributed by atoms with E-state index in [1.165, 1.54) is 17.6 Å². The lowest BCUT2D eigenvalue weighted by molar-refractivity contribution is 0.0739. The third-order valence-electron chi connectivity index (χ3n) is 3.78. The van der Waals surface area contributed by atoms with Crippen molar-refractivity contribution in [3.63, 3.8) is 0 Å². The highest BCUT2D eigenvalue weighted by Gasteiger charge is 2.09. The maximum absolute atomic E-state index is 12.1. The lowest BCUT2D eigenvalue weighted by Gasteiger charge is -2.05. The number of nitrogens with one attached hydrogen (secondary N) is 1. The van der Waals surface area contributed by atoms with E-state index >= 15 is 0 Å². The molecule has 6 nitrogen and oxygen atoms in total. The third kappa shape index (κ3) is 6.02. The normalized spacial score (nSPS) is 10.7. The molecule has 7 heteroatoms. The van der Waals surface area contributed by atoms with E-state index in [1.807, 2.05) is 12.3 Å². The molecule has 0 aliphatic heterocycles. The van der Waals surface area contributed by atoms with Gasteiger partial charge in [-0.3, -0.25) is 4.79 Å². The molecule has 29 heavy (non-hydrogen) atoms. The van der Waals surface area contributed by atoms with Crippen molar-refractivity contribution in [3.05, 3.63) is 82.0 Å². The largest absolute Gasteiger partial charge is 0.494 e. The van der Waals surface area contributed by atoms with Crippen LogP contribution in [0.2, 0.25) is 0 Å². The van der Waals surface area contributed by atoms with Gasteiger partial charge in [-0.25, -0.2) is 10.2 Å². The number of carbonyl (C=O) groups is 2. The second kappa shape index (κ2) is 10.2. The van der Waals surface area contributed by atoms with Gasteiger partial charge in [0.05, 0.1) is 12.8 Å². The summed E-state index contributed by atoms with van der Waals surface area (Å²) < 4.78 is 10.8. The Morgan fingerprint density at radius 2 is 1.76 bits per heavy atom. The molecular weight excluding hydrogens is 388 g/mol. The molecule has 1 heterocycles. The van der Waals surface area contributed by atoms with Crippen LogP contribution in [0.5, 0.6) is 11.5 Å². The number of ether oxygens (including phenoxy) is 2. The summed E-state index contributed by atoms with van der Waals surface area (Å²) in [7, 11) is 0. The van der Waals surface area contributed by atoms with E-state index in [2.05, 4.69) is 10.5 Å². The van der Waals surface area contributed by atoms with Crippen molar-refractivity contribution in [2.45, 2.75) is 13.3 Å². The summed E-state index contributed by atoms with van der Waals surface area (Å²) in [6.07, 6.45) is 2.44. The van der Waals surface area contributed by atoms with Gasteiger partial charge in [-0.15, -0.1) is 11.3 Å². The number of rotatable bonds is 8. The standard InChI is InChI=1S/C22H20N2O4S/c1-2-13-27-18-11-7-17(8-12-18)21(25)24-23-15-16-5-9-19(10-6-16)28-22(26)20-4-3-14-29-20/h3-12,14-15H,2,13H2,1H3,(H,24,25). The minimum Gasteiger partial charge on any atom is -0.494 e. The van der Waals surface area contributed by atoms with E-state index in [0.717, 1.165) is 17.7 Å². The number of carbonyl (C=O) groups excluding carboxylic acids is 2. The first-order valence-corrected chi connectivity index (χ1v) is 9.95. The molecule has 0 bridgehead atoms. The van der Waals surface area contributed by atoms with Crippen LogP contribution in [0.1, 0.15) is 38.9 Å². The molecule has 0 aliphatic carbocycles. The quantitative estimate of drug-likeness (QED) is 0.257. The van der Waals surface area contributed by atoms with Crippen molar-refractivity contribution < 1.29 is 19.1 Å². The predicted molar refractivity (Wildman–Crippen MR) is 113 cm³/mol. The van der Waals surface area contributed by atoms with Crippen LogP contribution >= 0.6 is 11.3 Å². The molecule has 0 aliphatic rings. The lowest BCUT2D eigenvalue weighted by Crippen LogP contribution is -2.17. The first-order chi connectivity index (χ1) is 14.2. The van der Waals surface area contributed by atoms with Crippen molar-refractivity contribution in [2.24, 2.45) is 5.10 Å². The molecule has 0 fully saturated rings. The van der Waals surface area contributed by atoms with Crippen LogP contribution in [0.3, 0.4) is 0 Å². The summed E-state index contributed by atoms with van der Waals surface area (Å²) in [6.45, 7) is 2.67. The second-order valence-electron chi connectivity index (χ2n) is 6.01. The molecule has 1 amide bonds. The fraction of sp³-hybridized carbons (Fsp3) is 0.136. The molecule has 0 spiro atoms. The van der Waals surface area contributed by atoms with E-state index in [1.54, 1.807) is 60.7 Å². The average molecular weight is 408 g/mol. The summed E-state index contributed by atoms with van der Waals surface area (Å²) in [4.78, 5) is 24.6. The highest BCUT2D eigenvalue weighted by atomic mass is 32.1. The monoisotopic (exact) mass is 408 g/mol. The fourth-order valence-corrected chi connectivity index (χ4v) is 2.93. The molecule has 0 saturated carbocycles. The molecule has 1 N–H and O–H groups in total. The van der Waals surface area contributed by atoms with Gasteiger partial charge in [-0.05, 0) is 72.0 Å². The zero-order chi connectivity index (χ0) is 20.5. The van der Waals surface area contributed by atoms with Crippen molar-refractivity contribution in [3.8, 4) is 11.5 Å². The zero-order valence-electron chi connectivity index (χ0n) is 15.8. The average Bonchev–Trinajstić information content (AvgIpc) is 3.29. The molecule has 3 aromatic rings. The summed E-state index contributed by atoms with van der Waals surface area (Å²) in [5.74, 6) is 0.464. The molecule has 3 rings (SSSR count). The van der Waals surface area contributed by atoms with Crippen LogP contribution in [0.25, 0.3) is 0 Å². The summed E-state index contributed by atoms with van der Waals surface area (Å²) in [6, 6.07) is 17.2. The van der Waals surface area contributed by atoms with Crippen molar-refractivity contribution in [1.82, 2.24) is 5.43 Å². The van der Waals surface area contributed by atoms with E-state index < -0.39 is 0 Å². The van der Waals surface area contributed by atoms with Crippen LogP contribution in [0.15, 0.2) is 71.1 Å². The number of hydrogen-bond donors (Lipinski definition) is 1. The van der Waals surface area contributed by atoms with Gasteiger partial charge >= 0.3 is 5.97 Å². The highest BCUT2D eigenvalue weighted by Crippen LogP contribution is 2.16. The lowest BCUT2D eigenvalue weighted by atomic mass is 10.2. The number of benzene rings is 2. The number of hydrogen-bond acceptors (Lipinski definition) is 6. The fourth-order valence-electron chi connectivity index (χ4n) is 2.33. The van der Waals surface area contributed by atoms with Gasteiger partial charge in [-0.1, -0.05) is 13.0 Å². The SMILES string of the molecule is CCCOc1ccc(C(=O)NN=Cc2ccc(OC(=O)c3cccs3)cc2)cc1. The highest BCUT2D eigenvalue weighted by molar-refractivity contribution is 7.12. The maximum Gasteiger partial charge on any atom is 0.353 e. The Kier molecular flexibility index (Phi) is 7.13.